The molecule has 5 rings (SSSR count). The van der Waals surface area contributed by atoms with Crippen LogP contribution in [-0.4, -0.2) is 70.9 Å². The van der Waals surface area contributed by atoms with Crippen LogP contribution in [0.5, 0.6) is 0 Å². The van der Waals surface area contributed by atoms with Gasteiger partial charge in [-0.2, -0.15) is 5.11 Å². The monoisotopic (exact) mass is 645 g/mol. The van der Waals surface area contributed by atoms with Crippen LogP contribution in [0.25, 0.3) is 11.1 Å². The van der Waals surface area contributed by atoms with Crippen LogP contribution in [0.3, 0.4) is 0 Å². The number of carboxylic acids is 1. The van der Waals surface area contributed by atoms with Gasteiger partial charge in [-0.15, -0.1) is 11.8 Å². The summed E-state index contributed by atoms with van der Waals surface area (Å²) in [7, 11) is 0. The highest BCUT2D eigenvalue weighted by Crippen LogP contribution is 2.44. The van der Waals surface area contributed by atoms with Gasteiger partial charge in [-0.25, -0.2) is 19.9 Å². The van der Waals surface area contributed by atoms with Crippen LogP contribution in [0, 0.1) is 5.53 Å². The zero-order valence-corrected chi connectivity index (χ0v) is 25.8. The number of amides is 3. The highest BCUT2D eigenvalue weighted by molar-refractivity contribution is 7.99. The molecule has 3 aromatic carbocycles. The van der Waals surface area contributed by atoms with Crippen LogP contribution in [0.15, 0.2) is 77.9 Å². The number of hydrogen-bond acceptors (Lipinski definition) is 9. The number of unbranched alkanes of at least 4 members (excludes halogenated alkanes) is 1. The molecule has 12 nitrogen and oxygen atoms in total. The number of thioether (sulfide) groups is 1. The fraction of sp³-hybridized carbons (Fsp3) is 0.333. The zero-order chi connectivity index (χ0) is 32.5. The van der Waals surface area contributed by atoms with Crippen LogP contribution in [0.2, 0.25) is 0 Å². The second-order valence-electron chi connectivity index (χ2n) is 11.0. The lowest BCUT2D eigenvalue weighted by Crippen LogP contribution is -2.47. The van der Waals surface area contributed by atoms with E-state index in [2.05, 4.69) is 15.7 Å². The molecular weight excluding hydrogens is 610 g/mol. The number of hydrogen-bond donors (Lipinski definition) is 4. The molecule has 3 amide bonds. The van der Waals surface area contributed by atoms with E-state index in [4.69, 9.17) is 15.0 Å². The molecule has 3 aromatic rings. The van der Waals surface area contributed by atoms with Gasteiger partial charge in [0.2, 0.25) is 5.91 Å². The first-order chi connectivity index (χ1) is 22.4. The summed E-state index contributed by atoms with van der Waals surface area (Å²) in [5.41, 5.74) is 12.6. The van der Waals surface area contributed by atoms with Gasteiger partial charge in [-0.1, -0.05) is 60.7 Å². The van der Waals surface area contributed by atoms with Crippen molar-refractivity contribution in [3.05, 3.63) is 89.5 Å². The molecule has 0 aromatic heterocycles. The van der Waals surface area contributed by atoms with Crippen LogP contribution in [-0.2, 0) is 25.7 Å². The third-order valence-electron chi connectivity index (χ3n) is 8.00. The molecule has 2 aliphatic rings. The number of carbonyl (C=O) groups is 4. The number of nitrogens with zero attached hydrogens (tertiary/aromatic N) is 2. The minimum absolute atomic E-state index is 0.0292. The van der Waals surface area contributed by atoms with Crippen molar-refractivity contribution in [2.45, 2.75) is 43.9 Å². The Bertz CT molecular complexity index is 1540. The SMILES string of the molecule is N=Nc1ccc(COC(=O)N2CSC[C@H]2C(=O)NCCCC[C@H](NC(=O)OCC2c3ccccc3-c3ccccc32)C(=O)O)cc1. The zero-order valence-electron chi connectivity index (χ0n) is 25.0. The first-order valence-electron chi connectivity index (χ1n) is 14.9. The average Bonchev–Trinajstić information content (AvgIpc) is 3.69. The van der Waals surface area contributed by atoms with E-state index in [-0.39, 0.29) is 38.0 Å². The Morgan fingerprint density at radius 3 is 2.28 bits per heavy atom. The minimum Gasteiger partial charge on any atom is -0.480 e. The normalized spacial score (nSPS) is 15.7. The van der Waals surface area contributed by atoms with E-state index in [1.807, 2.05) is 48.5 Å². The van der Waals surface area contributed by atoms with Crippen LogP contribution in [0.4, 0.5) is 15.3 Å². The van der Waals surface area contributed by atoms with Crippen LogP contribution < -0.4 is 10.6 Å². The Morgan fingerprint density at radius 1 is 0.957 bits per heavy atom. The molecule has 0 spiro atoms. The number of carboxylic acid groups (broad SMARTS) is 1. The lowest BCUT2D eigenvalue weighted by molar-refractivity contribution is -0.139. The molecule has 0 unspecified atom stereocenters. The number of nitrogens with one attached hydrogen (secondary N) is 3. The van der Waals surface area contributed by atoms with Crippen molar-refractivity contribution in [2.75, 3.05) is 24.8 Å². The van der Waals surface area contributed by atoms with E-state index in [0.717, 1.165) is 27.8 Å². The van der Waals surface area contributed by atoms with Crippen molar-refractivity contribution in [1.29, 1.82) is 5.53 Å². The van der Waals surface area contributed by atoms with Crippen LogP contribution >= 0.6 is 11.8 Å². The van der Waals surface area contributed by atoms with Crippen molar-refractivity contribution in [2.24, 2.45) is 5.11 Å². The van der Waals surface area contributed by atoms with Gasteiger partial charge in [0.25, 0.3) is 0 Å². The van der Waals surface area contributed by atoms with E-state index < -0.39 is 30.2 Å². The van der Waals surface area contributed by atoms with Crippen molar-refractivity contribution < 1.29 is 33.8 Å². The van der Waals surface area contributed by atoms with Gasteiger partial charge in [0.05, 0.1) is 11.6 Å². The smallest absolute Gasteiger partial charge is 0.411 e. The summed E-state index contributed by atoms with van der Waals surface area (Å²) in [6.07, 6.45) is -0.327. The second kappa shape index (κ2) is 15.4. The number of alkyl carbamates (subject to hydrolysis) is 1. The molecule has 240 valence electrons. The maximum Gasteiger partial charge on any atom is 0.411 e. The first-order valence-corrected chi connectivity index (χ1v) is 16.1. The fourth-order valence-corrected chi connectivity index (χ4v) is 6.72. The van der Waals surface area contributed by atoms with Gasteiger partial charge < -0.3 is 25.2 Å². The Kier molecular flexibility index (Phi) is 10.9. The third kappa shape index (κ3) is 7.83. The molecule has 13 heteroatoms. The number of fused-ring (bicyclic) bond motifs is 3. The maximum absolute atomic E-state index is 12.8. The molecule has 0 saturated carbocycles. The van der Waals surface area contributed by atoms with Crippen molar-refractivity contribution >= 4 is 41.5 Å². The first kappa shape index (κ1) is 32.5. The summed E-state index contributed by atoms with van der Waals surface area (Å²) in [5, 5.41) is 18.3. The predicted molar refractivity (Wildman–Crippen MR) is 171 cm³/mol. The lowest BCUT2D eigenvalue weighted by atomic mass is 9.98. The molecule has 4 N–H and O–H groups in total. The van der Waals surface area contributed by atoms with Crippen molar-refractivity contribution in [1.82, 2.24) is 15.5 Å². The largest absolute Gasteiger partial charge is 0.480 e. The molecule has 1 saturated heterocycles. The molecule has 2 atom stereocenters. The summed E-state index contributed by atoms with van der Waals surface area (Å²) >= 11 is 1.45. The molecule has 1 aliphatic carbocycles. The van der Waals surface area contributed by atoms with Crippen LogP contribution in [0.1, 0.15) is 41.9 Å². The van der Waals surface area contributed by atoms with E-state index in [1.54, 1.807) is 24.3 Å². The summed E-state index contributed by atoms with van der Waals surface area (Å²) in [6, 6.07) is 20.8. The molecular formula is C33H35N5O7S. The summed E-state index contributed by atoms with van der Waals surface area (Å²) < 4.78 is 10.9. The third-order valence-corrected chi connectivity index (χ3v) is 9.01. The second-order valence-corrected chi connectivity index (χ2v) is 12.0. The van der Waals surface area contributed by atoms with Gasteiger partial charge in [0.15, 0.2) is 0 Å². The Balaban J connectivity index is 1.02. The standard InChI is InChI=1S/C33H35N5O7S/c34-37-22-14-12-21(13-15-22)17-45-33(43)38-20-46-19-29(38)30(39)35-16-6-5-11-28(31(40)41)36-32(42)44-18-27-25-9-3-1-7-23(25)24-8-2-4-10-26(24)27/h1-4,7-10,12-15,27-29,34H,5-6,11,16-20H2,(H,35,39)(H,36,42)(H,40,41)/t28-,29-/m0/s1. The van der Waals surface area contributed by atoms with Crippen molar-refractivity contribution in [3.63, 3.8) is 0 Å². The Hall–Kier alpha value is -4.91. The van der Waals surface area contributed by atoms with Gasteiger partial charge in [0, 0.05) is 18.2 Å². The molecule has 1 heterocycles. The van der Waals surface area contributed by atoms with Gasteiger partial charge >= 0.3 is 18.2 Å². The molecule has 0 radical (unpaired) electrons. The highest BCUT2D eigenvalue weighted by Gasteiger charge is 2.35. The fourth-order valence-electron chi connectivity index (χ4n) is 5.58. The van der Waals surface area contributed by atoms with E-state index in [1.165, 1.54) is 16.7 Å². The van der Waals surface area contributed by atoms with Crippen molar-refractivity contribution in [3.8, 4) is 11.1 Å². The molecule has 1 fully saturated rings. The number of rotatable bonds is 13. The van der Waals surface area contributed by atoms with E-state index in [9.17, 15) is 24.3 Å². The summed E-state index contributed by atoms with van der Waals surface area (Å²) in [4.78, 5) is 51.3. The Labute approximate surface area is 270 Å². The highest BCUT2D eigenvalue weighted by atomic mass is 32.2. The lowest BCUT2D eigenvalue weighted by Gasteiger charge is -2.22. The number of aliphatic carboxylic acids is 1. The minimum atomic E-state index is -1.17. The number of ether oxygens (including phenoxy) is 2. The maximum atomic E-state index is 12.8. The number of carbonyl (C=O) groups excluding carboxylic acids is 3. The molecule has 46 heavy (non-hydrogen) atoms. The summed E-state index contributed by atoms with van der Waals surface area (Å²) in [5.74, 6) is -0.849. The van der Waals surface area contributed by atoms with Gasteiger partial charge in [0.1, 0.15) is 25.3 Å². The van der Waals surface area contributed by atoms with E-state index >= 15 is 0 Å². The topological polar surface area (TPSA) is 170 Å². The number of benzene rings is 3. The van der Waals surface area contributed by atoms with Gasteiger partial charge in [-0.3, -0.25) is 9.69 Å². The average molecular weight is 646 g/mol. The summed E-state index contributed by atoms with van der Waals surface area (Å²) in [6.45, 7) is 0.396. The molecule has 1 aliphatic heterocycles. The Morgan fingerprint density at radius 2 is 1.63 bits per heavy atom. The van der Waals surface area contributed by atoms with E-state index in [0.29, 0.717) is 30.2 Å². The van der Waals surface area contributed by atoms with Gasteiger partial charge in [-0.05, 0) is 59.2 Å². The quantitative estimate of drug-likeness (QED) is 0.137. The predicted octanol–water partition coefficient (Wildman–Crippen LogP) is 5.64. The molecule has 0 bridgehead atoms.